The number of hydrazine groups is 1. The Labute approximate surface area is 143 Å². The van der Waals surface area contributed by atoms with Crippen LogP contribution in [0.2, 0.25) is 0 Å². The molecular formula is C16H16N4O3S. The predicted octanol–water partition coefficient (Wildman–Crippen LogP) is 2.02. The lowest BCUT2D eigenvalue weighted by Gasteiger charge is -2.10. The quantitative estimate of drug-likeness (QED) is 0.589. The van der Waals surface area contributed by atoms with E-state index < -0.39 is 5.91 Å². The Morgan fingerprint density at radius 2 is 2.17 bits per heavy atom. The van der Waals surface area contributed by atoms with Crippen molar-refractivity contribution < 1.29 is 14.3 Å². The van der Waals surface area contributed by atoms with Gasteiger partial charge in [0.1, 0.15) is 16.6 Å². The molecule has 2 N–H and O–H groups in total. The summed E-state index contributed by atoms with van der Waals surface area (Å²) in [6.45, 7) is 1.65. The van der Waals surface area contributed by atoms with Crippen molar-refractivity contribution in [2.45, 2.75) is 6.92 Å². The van der Waals surface area contributed by atoms with Crippen LogP contribution in [-0.2, 0) is 4.79 Å². The Morgan fingerprint density at radius 3 is 2.79 bits per heavy atom. The molecule has 1 amide bonds. The van der Waals surface area contributed by atoms with Crippen molar-refractivity contribution >= 4 is 22.8 Å². The number of nitrogens with one attached hydrogen (secondary N) is 2. The van der Waals surface area contributed by atoms with E-state index in [1.807, 2.05) is 24.4 Å². The topological polar surface area (TPSA) is 96.3 Å². The Balaban J connectivity index is 1.85. The third-order valence-electron chi connectivity index (χ3n) is 2.83. The Bertz CT molecular complexity index is 780. The minimum absolute atomic E-state index is 0.195. The van der Waals surface area contributed by atoms with E-state index in [9.17, 15) is 4.79 Å². The lowest BCUT2D eigenvalue weighted by atomic mass is 10.3. The molecule has 0 aliphatic rings. The molecule has 0 fully saturated rings. The lowest BCUT2D eigenvalue weighted by molar-refractivity contribution is -0.123. The van der Waals surface area contributed by atoms with Crippen molar-refractivity contribution in [1.29, 1.82) is 5.26 Å². The third kappa shape index (κ3) is 4.72. The first-order valence-electron chi connectivity index (χ1n) is 6.97. The van der Waals surface area contributed by atoms with Gasteiger partial charge in [0.2, 0.25) is 0 Å². The molecule has 1 heterocycles. The van der Waals surface area contributed by atoms with E-state index in [1.165, 1.54) is 24.6 Å². The number of amides is 1. The number of allylic oxidation sites excluding steroid dienone is 1. The van der Waals surface area contributed by atoms with E-state index >= 15 is 0 Å². The van der Waals surface area contributed by atoms with Gasteiger partial charge in [-0.1, -0.05) is 12.1 Å². The Kier molecular flexibility index (Phi) is 6.16. The molecule has 0 saturated heterocycles. The molecule has 0 saturated carbocycles. The van der Waals surface area contributed by atoms with Crippen LogP contribution in [0.25, 0.3) is 5.57 Å². The van der Waals surface area contributed by atoms with Gasteiger partial charge in [-0.05, 0) is 19.1 Å². The number of carbonyl (C=O) groups is 1. The maximum Gasteiger partial charge on any atom is 0.276 e. The Morgan fingerprint density at radius 1 is 1.42 bits per heavy atom. The largest absolute Gasteiger partial charge is 0.493 e. The van der Waals surface area contributed by atoms with Crippen LogP contribution in [0, 0.1) is 18.3 Å². The standard InChI is InChI=1S/C16H16N4O3S/c1-11-10-24-16(19-11)12(7-17)8-18-20-15(21)9-23-14-6-4-3-5-13(14)22-2/h3-6,8,10,18H,9H2,1-2H3,(H,20,21)/b12-8+. The molecule has 1 aromatic carbocycles. The summed E-state index contributed by atoms with van der Waals surface area (Å²) >= 11 is 1.36. The second kappa shape index (κ2) is 8.55. The summed E-state index contributed by atoms with van der Waals surface area (Å²) in [6, 6.07) is 9.06. The summed E-state index contributed by atoms with van der Waals surface area (Å²) in [4.78, 5) is 16.0. The van der Waals surface area contributed by atoms with E-state index in [2.05, 4.69) is 15.8 Å². The molecule has 8 heteroatoms. The van der Waals surface area contributed by atoms with Crippen LogP contribution in [0.3, 0.4) is 0 Å². The first-order chi connectivity index (χ1) is 11.6. The highest BCUT2D eigenvalue weighted by atomic mass is 32.1. The molecule has 7 nitrogen and oxygen atoms in total. The van der Waals surface area contributed by atoms with Crippen LogP contribution in [0.5, 0.6) is 11.5 Å². The predicted molar refractivity (Wildman–Crippen MR) is 90.2 cm³/mol. The summed E-state index contributed by atoms with van der Waals surface area (Å²) in [7, 11) is 1.53. The summed E-state index contributed by atoms with van der Waals surface area (Å²) in [5, 5.41) is 11.6. The van der Waals surface area contributed by atoms with Gasteiger partial charge in [0.05, 0.1) is 7.11 Å². The summed E-state index contributed by atoms with van der Waals surface area (Å²) in [5.74, 6) is 0.621. The van der Waals surface area contributed by atoms with Crippen molar-refractivity contribution in [2.75, 3.05) is 13.7 Å². The van der Waals surface area contributed by atoms with Crippen LogP contribution in [0.4, 0.5) is 0 Å². The minimum Gasteiger partial charge on any atom is -0.493 e. The van der Waals surface area contributed by atoms with E-state index in [0.717, 1.165) is 5.69 Å². The molecule has 0 radical (unpaired) electrons. The van der Waals surface area contributed by atoms with Gasteiger partial charge >= 0.3 is 0 Å². The van der Waals surface area contributed by atoms with E-state index in [-0.39, 0.29) is 6.61 Å². The first kappa shape index (κ1) is 17.3. The summed E-state index contributed by atoms with van der Waals surface area (Å²) in [6.07, 6.45) is 1.39. The normalized spacial score (nSPS) is 10.6. The van der Waals surface area contributed by atoms with Gasteiger partial charge in [0, 0.05) is 17.3 Å². The summed E-state index contributed by atoms with van der Waals surface area (Å²) in [5.41, 5.74) is 6.18. The van der Waals surface area contributed by atoms with Crippen molar-refractivity contribution in [3.05, 3.63) is 46.5 Å². The highest BCUT2D eigenvalue weighted by molar-refractivity contribution is 7.10. The van der Waals surface area contributed by atoms with Crippen LogP contribution < -0.4 is 20.3 Å². The number of thiazole rings is 1. The van der Waals surface area contributed by atoms with Crippen LogP contribution in [0.1, 0.15) is 10.7 Å². The number of carbonyl (C=O) groups excluding carboxylic acids is 1. The molecule has 2 rings (SSSR count). The highest BCUT2D eigenvalue weighted by Gasteiger charge is 2.07. The number of nitriles is 1. The number of ether oxygens (including phenoxy) is 2. The second-order valence-electron chi connectivity index (χ2n) is 4.60. The maximum atomic E-state index is 11.8. The van der Waals surface area contributed by atoms with E-state index in [0.29, 0.717) is 22.1 Å². The smallest absolute Gasteiger partial charge is 0.276 e. The maximum absolute atomic E-state index is 11.8. The zero-order valence-electron chi connectivity index (χ0n) is 13.2. The lowest BCUT2D eigenvalue weighted by Crippen LogP contribution is -2.37. The van der Waals surface area contributed by atoms with Gasteiger partial charge in [-0.15, -0.1) is 11.3 Å². The van der Waals surface area contributed by atoms with Crippen molar-refractivity contribution in [3.63, 3.8) is 0 Å². The van der Waals surface area contributed by atoms with Crippen molar-refractivity contribution in [3.8, 4) is 17.6 Å². The molecule has 0 atom stereocenters. The number of benzene rings is 1. The first-order valence-corrected chi connectivity index (χ1v) is 7.85. The third-order valence-corrected chi connectivity index (χ3v) is 3.82. The fraction of sp³-hybridized carbons (Fsp3) is 0.188. The zero-order chi connectivity index (χ0) is 17.4. The molecule has 1 aromatic heterocycles. The monoisotopic (exact) mass is 344 g/mol. The molecule has 24 heavy (non-hydrogen) atoms. The SMILES string of the molecule is COc1ccccc1OCC(=O)NN/C=C(\C#N)c1nc(C)cs1. The van der Waals surface area contributed by atoms with Gasteiger partial charge in [-0.3, -0.25) is 10.2 Å². The van der Waals surface area contributed by atoms with Crippen molar-refractivity contribution in [2.24, 2.45) is 0 Å². The summed E-state index contributed by atoms with van der Waals surface area (Å²) < 4.78 is 10.5. The molecule has 0 aliphatic heterocycles. The molecule has 2 aromatic rings. The van der Waals surface area contributed by atoms with Gasteiger partial charge in [0.25, 0.3) is 5.91 Å². The Hall–Kier alpha value is -3.05. The fourth-order valence-electron chi connectivity index (χ4n) is 1.73. The molecule has 0 bridgehead atoms. The number of nitrogens with zero attached hydrogens (tertiary/aromatic N) is 2. The van der Waals surface area contributed by atoms with Gasteiger partial charge in [0.15, 0.2) is 18.1 Å². The number of para-hydroxylation sites is 2. The second-order valence-corrected chi connectivity index (χ2v) is 5.45. The number of aryl methyl sites for hydroxylation is 1. The molecule has 0 unspecified atom stereocenters. The average molecular weight is 344 g/mol. The zero-order valence-corrected chi connectivity index (χ0v) is 14.0. The van der Waals surface area contributed by atoms with Gasteiger partial charge < -0.3 is 14.9 Å². The molecule has 0 aliphatic carbocycles. The fourth-order valence-corrected chi connectivity index (χ4v) is 2.49. The number of aromatic nitrogens is 1. The molecule has 0 spiro atoms. The van der Waals surface area contributed by atoms with Crippen molar-refractivity contribution in [1.82, 2.24) is 15.8 Å². The van der Waals surface area contributed by atoms with Gasteiger partial charge in [-0.25, -0.2) is 4.98 Å². The average Bonchev–Trinajstić information content (AvgIpc) is 3.03. The minimum atomic E-state index is -0.398. The number of hydrogen-bond donors (Lipinski definition) is 2. The van der Waals surface area contributed by atoms with Crippen LogP contribution >= 0.6 is 11.3 Å². The highest BCUT2D eigenvalue weighted by Crippen LogP contribution is 2.25. The number of methoxy groups -OCH3 is 1. The number of rotatable bonds is 7. The molecular weight excluding hydrogens is 328 g/mol. The van der Waals surface area contributed by atoms with E-state index in [4.69, 9.17) is 14.7 Å². The van der Waals surface area contributed by atoms with Crippen LogP contribution in [-0.4, -0.2) is 24.6 Å². The van der Waals surface area contributed by atoms with Crippen LogP contribution in [0.15, 0.2) is 35.8 Å². The number of hydrogen-bond acceptors (Lipinski definition) is 7. The van der Waals surface area contributed by atoms with E-state index in [1.54, 1.807) is 18.2 Å². The molecule has 124 valence electrons. The van der Waals surface area contributed by atoms with Gasteiger partial charge in [-0.2, -0.15) is 5.26 Å².